The van der Waals surface area contributed by atoms with E-state index in [0.717, 1.165) is 6.42 Å². The first-order valence-corrected chi connectivity index (χ1v) is 5.50. The van der Waals surface area contributed by atoms with E-state index < -0.39 is 0 Å². The van der Waals surface area contributed by atoms with Gasteiger partial charge in [-0.15, -0.1) is 11.3 Å². The van der Waals surface area contributed by atoms with Crippen LogP contribution < -0.4 is 5.90 Å². The quantitative estimate of drug-likeness (QED) is 0.781. The Balaban J connectivity index is 2.72. The Morgan fingerprint density at radius 3 is 2.86 bits per heavy atom. The molecule has 0 fully saturated rings. The van der Waals surface area contributed by atoms with Gasteiger partial charge in [0.15, 0.2) is 0 Å². The van der Waals surface area contributed by atoms with Gasteiger partial charge in [-0.1, -0.05) is 6.92 Å². The van der Waals surface area contributed by atoms with Crippen molar-refractivity contribution in [2.45, 2.75) is 32.6 Å². The largest absolute Gasteiger partial charge is 0.373 e. The maximum atomic E-state index is 11.0. The third-order valence-electron chi connectivity index (χ3n) is 2.31. The first-order valence-electron chi connectivity index (χ1n) is 4.62. The van der Waals surface area contributed by atoms with Gasteiger partial charge >= 0.3 is 5.97 Å². The number of carbonyl (C=O) groups excluding carboxylic acids is 1. The van der Waals surface area contributed by atoms with Gasteiger partial charge in [0.05, 0.1) is 6.42 Å². The molecule has 78 valence electrons. The lowest BCUT2D eigenvalue weighted by molar-refractivity contribution is -0.144. The topological polar surface area (TPSA) is 52.3 Å². The predicted molar refractivity (Wildman–Crippen MR) is 57.0 cm³/mol. The highest BCUT2D eigenvalue weighted by molar-refractivity contribution is 7.10. The summed E-state index contributed by atoms with van der Waals surface area (Å²) in [7, 11) is 0. The second-order valence-electron chi connectivity index (χ2n) is 3.27. The zero-order chi connectivity index (χ0) is 10.6. The van der Waals surface area contributed by atoms with E-state index in [1.54, 1.807) is 11.3 Å². The number of thiophene rings is 1. The van der Waals surface area contributed by atoms with Crippen molar-refractivity contribution in [1.29, 1.82) is 0 Å². The molecule has 0 saturated heterocycles. The minimum absolute atomic E-state index is 0.242. The number of nitrogens with two attached hydrogens (primary N) is 1. The van der Waals surface area contributed by atoms with E-state index in [1.165, 1.54) is 10.4 Å². The molecule has 2 N–H and O–H groups in total. The molecule has 1 rings (SSSR count). The Hall–Kier alpha value is -0.870. The molecule has 0 aliphatic heterocycles. The van der Waals surface area contributed by atoms with Crippen LogP contribution in [0.3, 0.4) is 0 Å². The molecule has 0 radical (unpaired) electrons. The zero-order valence-electron chi connectivity index (χ0n) is 8.45. The van der Waals surface area contributed by atoms with Crippen molar-refractivity contribution in [3.8, 4) is 0 Å². The lowest BCUT2D eigenvalue weighted by atomic mass is 9.98. The molecular formula is C10H15NO2S. The van der Waals surface area contributed by atoms with Crippen molar-refractivity contribution in [1.82, 2.24) is 0 Å². The predicted octanol–water partition coefficient (Wildman–Crippen LogP) is 2.36. The highest BCUT2D eigenvalue weighted by Crippen LogP contribution is 2.30. The fraction of sp³-hybridized carbons (Fsp3) is 0.500. The number of hydrogen-bond donors (Lipinski definition) is 1. The van der Waals surface area contributed by atoms with Crippen LogP contribution >= 0.6 is 11.3 Å². The molecule has 1 atom stereocenters. The smallest absolute Gasteiger partial charge is 0.325 e. The average Bonchev–Trinajstić information content (AvgIpc) is 2.60. The zero-order valence-corrected chi connectivity index (χ0v) is 9.26. The summed E-state index contributed by atoms with van der Waals surface area (Å²) < 4.78 is 0. The van der Waals surface area contributed by atoms with Crippen molar-refractivity contribution < 1.29 is 9.63 Å². The molecular weight excluding hydrogens is 198 g/mol. The average molecular weight is 213 g/mol. The van der Waals surface area contributed by atoms with Gasteiger partial charge in [0.1, 0.15) is 0 Å². The molecule has 1 aromatic heterocycles. The van der Waals surface area contributed by atoms with Gasteiger partial charge in [-0.05, 0) is 30.4 Å². The van der Waals surface area contributed by atoms with Crippen LogP contribution in [0.25, 0.3) is 0 Å². The summed E-state index contributed by atoms with van der Waals surface area (Å²) in [5.74, 6) is 4.72. The minimum atomic E-state index is -0.343. The van der Waals surface area contributed by atoms with Gasteiger partial charge in [0, 0.05) is 10.8 Å². The molecule has 0 aromatic carbocycles. The molecule has 0 aliphatic carbocycles. The fourth-order valence-corrected chi connectivity index (χ4v) is 2.59. The van der Waals surface area contributed by atoms with Crippen LogP contribution in [-0.2, 0) is 9.63 Å². The van der Waals surface area contributed by atoms with Gasteiger partial charge in [-0.2, -0.15) is 5.90 Å². The summed E-state index contributed by atoms with van der Waals surface area (Å²) in [4.78, 5) is 16.5. The summed E-state index contributed by atoms with van der Waals surface area (Å²) in [6.07, 6.45) is 1.30. The van der Waals surface area contributed by atoms with E-state index >= 15 is 0 Å². The number of rotatable bonds is 4. The lowest BCUT2D eigenvalue weighted by Gasteiger charge is -2.12. The molecule has 0 amide bonds. The van der Waals surface area contributed by atoms with Gasteiger partial charge in [-0.3, -0.25) is 4.79 Å². The second kappa shape index (κ2) is 5.12. The molecule has 0 saturated carbocycles. The Kier molecular flexibility index (Phi) is 4.10. The highest BCUT2D eigenvalue weighted by Gasteiger charge is 2.17. The third-order valence-corrected chi connectivity index (χ3v) is 3.49. The Labute approximate surface area is 87.8 Å². The van der Waals surface area contributed by atoms with Crippen LogP contribution in [0.2, 0.25) is 0 Å². The Bertz CT molecular complexity index is 309. The number of aryl methyl sites for hydroxylation is 1. The molecule has 0 bridgehead atoms. The van der Waals surface area contributed by atoms with Gasteiger partial charge in [-0.25, -0.2) is 0 Å². The maximum Gasteiger partial charge on any atom is 0.325 e. The van der Waals surface area contributed by atoms with Crippen LogP contribution in [0.15, 0.2) is 11.4 Å². The van der Waals surface area contributed by atoms with Crippen LogP contribution in [-0.4, -0.2) is 5.97 Å². The molecule has 1 unspecified atom stereocenters. The van der Waals surface area contributed by atoms with Crippen molar-refractivity contribution in [3.63, 3.8) is 0 Å². The molecule has 4 heteroatoms. The standard InChI is InChI=1S/C10H15NO2S/c1-3-8(6-9(12)13-11)10-7(2)4-5-14-10/h4-5,8H,3,6,11H2,1-2H3. The first-order chi connectivity index (χ1) is 6.69. The monoisotopic (exact) mass is 213 g/mol. The van der Waals surface area contributed by atoms with Crippen LogP contribution in [0.1, 0.15) is 36.1 Å². The summed E-state index contributed by atoms with van der Waals surface area (Å²) in [5.41, 5.74) is 1.24. The van der Waals surface area contributed by atoms with Crippen LogP contribution in [0.4, 0.5) is 0 Å². The molecule has 14 heavy (non-hydrogen) atoms. The van der Waals surface area contributed by atoms with Crippen molar-refractivity contribution in [3.05, 3.63) is 21.9 Å². The maximum absolute atomic E-state index is 11.0. The fourth-order valence-electron chi connectivity index (χ4n) is 1.47. The van der Waals surface area contributed by atoms with Crippen LogP contribution in [0.5, 0.6) is 0 Å². The van der Waals surface area contributed by atoms with E-state index in [2.05, 4.69) is 24.8 Å². The number of carbonyl (C=O) groups is 1. The minimum Gasteiger partial charge on any atom is -0.373 e. The van der Waals surface area contributed by atoms with E-state index in [-0.39, 0.29) is 11.9 Å². The van der Waals surface area contributed by atoms with Gasteiger partial charge in [0.25, 0.3) is 0 Å². The Morgan fingerprint density at radius 2 is 2.43 bits per heavy atom. The molecule has 0 spiro atoms. The lowest BCUT2D eigenvalue weighted by Crippen LogP contribution is -2.13. The van der Waals surface area contributed by atoms with Crippen molar-refractivity contribution in [2.24, 2.45) is 5.90 Å². The summed E-state index contributed by atoms with van der Waals surface area (Å²) >= 11 is 1.69. The van der Waals surface area contributed by atoms with E-state index in [9.17, 15) is 4.79 Å². The molecule has 0 aliphatic rings. The third kappa shape index (κ3) is 2.56. The van der Waals surface area contributed by atoms with Crippen molar-refractivity contribution in [2.75, 3.05) is 0 Å². The van der Waals surface area contributed by atoms with Gasteiger partial charge in [0.2, 0.25) is 0 Å². The second-order valence-corrected chi connectivity index (χ2v) is 4.21. The SMILES string of the molecule is CCC(CC(=O)ON)c1sccc1C. The Morgan fingerprint density at radius 1 is 1.71 bits per heavy atom. The highest BCUT2D eigenvalue weighted by atomic mass is 32.1. The molecule has 1 aromatic rings. The number of hydrogen-bond acceptors (Lipinski definition) is 4. The van der Waals surface area contributed by atoms with E-state index in [0.29, 0.717) is 6.42 Å². The normalized spacial score (nSPS) is 12.5. The van der Waals surface area contributed by atoms with Crippen molar-refractivity contribution >= 4 is 17.3 Å². The summed E-state index contributed by atoms with van der Waals surface area (Å²) in [6, 6.07) is 2.07. The molecule has 1 heterocycles. The van der Waals surface area contributed by atoms with E-state index in [1.807, 2.05) is 5.38 Å². The summed E-state index contributed by atoms with van der Waals surface area (Å²) in [5, 5.41) is 2.04. The molecule has 3 nitrogen and oxygen atoms in total. The summed E-state index contributed by atoms with van der Waals surface area (Å²) in [6.45, 7) is 4.12. The first kappa shape index (κ1) is 11.2. The van der Waals surface area contributed by atoms with E-state index in [4.69, 9.17) is 5.90 Å². The van der Waals surface area contributed by atoms with Gasteiger partial charge < -0.3 is 4.84 Å². The van der Waals surface area contributed by atoms with Crippen LogP contribution in [0, 0.1) is 6.92 Å².